The zero-order valence-corrected chi connectivity index (χ0v) is 8.69. The lowest BCUT2D eigenvalue weighted by Gasteiger charge is -2.00. The molecule has 0 nitrogen and oxygen atoms in total. The Morgan fingerprint density at radius 3 is 2.00 bits per heavy atom. The fraction of sp³-hybridized carbons (Fsp3) is 0. The first-order valence-electron chi connectivity index (χ1n) is 5.14. The molecule has 72 valence electrons. The van der Waals surface area contributed by atoms with Gasteiger partial charge in [-0.3, -0.25) is 0 Å². The summed E-state index contributed by atoms with van der Waals surface area (Å²) in [5.41, 5.74) is 3.86. The molecule has 1 heteroatoms. The topological polar surface area (TPSA) is 0 Å². The molecule has 0 aliphatic heterocycles. The number of hydrogen-bond acceptors (Lipinski definition) is 0. The average Bonchev–Trinajstić information content (AvgIpc) is 2.31. The molecule has 2 aromatic carbocycles. The van der Waals surface area contributed by atoms with Crippen LogP contribution in [-0.2, 0) is 0 Å². The lowest BCUT2D eigenvalue weighted by atomic mass is 9.64. The Hall–Kier alpha value is -1.76. The predicted octanol–water partition coefficient (Wildman–Crippen LogP) is 1.72. The number of hydrogen-bond donors (Lipinski definition) is 0. The first-order chi connectivity index (χ1) is 7.38. The van der Waals surface area contributed by atoms with Crippen LogP contribution in [0.15, 0.2) is 61.2 Å². The summed E-state index contributed by atoms with van der Waals surface area (Å²) in [4.78, 5) is 0. The van der Waals surface area contributed by atoms with Gasteiger partial charge in [-0.15, -0.1) is 0 Å². The SMILES string of the molecule is C=Cc1ccc(Bc2ccccc2)cc1. The van der Waals surface area contributed by atoms with E-state index in [1.54, 1.807) is 0 Å². The van der Waals surface area contributed by atoms with Crippen molar-refractivity contribution >= 4 is 24.3 Å². The summed E-state index contributed by atoms with van der Waals surface area (Å²) in [6, 6.07) is 19.0. The molecule has 0 amide bonds. The summed E-state index contributed by atoms with van der Waals surface area (Å²) in [6.45, 7) is 3.74. The van der Waals surface area contributed by atoms with Crippen molar-refractivity contribution in [2.45, 2.75) is 0 Å². The van der Waals surface area contributed by atoms with Crippen LogP contribution in [0.1, 0.15) is 5.56 Å². The van der Waals surface area contributed by atoms with Crippen LogP contribution in [0.4, 0.5) is 0 Å². The minimum atomic E-state index is 0.998. The van der Waals surface area contributed by atoms with Crippen LogP contribution in [0.5, 0.6) is 0 Å². The van der Waals surface area contributed by atoms with Gasteiger partial charge in [-0.1, -0.05) is 78.2 Å². The fourth-order valence-electron chi connectivity index (χ4n) is 1.60. The lowest BCUT2D eigenvalue weighted by Crippen LogP contribution is -2.26. The van der Waals surface area contributed by atoms with E-state index in [0.717, 1.165) is 7.28 Å². The van der Waals surface area contributed by atoms with E-state index in [1.165, 1.54) is 16.5 Å². The molecule has 0 fully saturated rings. The van der Waals surface area contributed by atoms with Gasteiger partial charge >= 0.3 is 0 Å². The Bertz CT molecular complexity index is 429. The standard InChI is InChI=1S/C14H13B/c1-2-12-8-10-14(11-9-12)15-13-6-4-3-5-7-13/h2-11,15H,1H2. The van der Waals surface area contributed by atoms with Gasteiger partial charge in [0.1, 0.15) is 0 Å². The highest BCUT2D eigenvalue weighted by Crippen LogP contribution is 1.97. The molecule has 0 spiro atoms. The zero-order chi connectivity index (χ0) is 10.5. The fourth-order valence-corrected chi connectivity index (χ4v) is 1.60. The summed E-state index contributed by atoms with van der Waals surface area (Å²) in [7, 11) is 0.998. The molecule has 0 atom stereocenters. The Balaban J connectivity index is 2.15. The lowest BCUT2D eigenvalue weighted by molar-refractivity contribution is 1.70. The number of rotatable bonds is 3. The van der Waals surface area contributed by atoms with Crippen molar-refractivity contribution in [1.82, 2.24) is 0 Å². The third-order valence-electron chi connectivity index (χ3n) is 2.47. The molecule has 0 heterocycles. The van der Waals surface area contributed by atoms with Crippen molar-refractivity contribution < 1.29 is 0 Å². The maximum atomic E-state index is 3.74. The second-order valence-electron chi connectivity index (χ2n) is 3.61. The Morgan fingerprint density at radius 2 is 1.40 bits per heavy atom. The van der Waals surface area contributed by atoms with Gasteiger partial charge in [0, 0.05) is 0 Å². The minimum absolute atomic E-state index is 0.998. The number of benzene rings is 2. The largest absolute Gasteiger partial charge is 0.192 e. The zero-order valence-electron chi connectivity index (χ0n) is 8.69. The highest BCUT2D eigenvalue weighted by molar-refractivity contribution is 6.67. The average molecular weight is 192 g/mol. The maximum Gasteiger partial charge on any atom is 0.192 e. The van der Waals surface area contributed by atoms with Crippen molar-refractivity contribution in [3.63, 3.8) is 0 Å². The molecule has 2 aromatic rings. The molecule has 15 heavy (non-hydrogen) atoms. The van der Waals surface area contributed by atoms with Gasteiger partial charge < -0.3 is 0 Å². The molecule has 2 rings (SSSR count). The van der Waals surface area contributed by atoms with Gasteiger partial charge in [0.2, 0.25) is 0 Å². The van der Waals surface area contributed by atoms with Crippen LogP contribution in [-0.4, -0.2) is 7.28 Å². The second-order valence-corrected chi connectivity index (χ2v) is 3.61. The van der Waals surface area contributed by atoms with E-state index in [0.29, 0.717) is 0 Å². The van der Waals surface area contributed by atoms with Crippen molar-refractivity contribution in [2.24, 2.45) is 0 Å². The molecular weight excluding hydrogens is 179 g/mol. The highest BCUT2D eigenvalue weighted by Gasteiger charge is 1.97. The minimum Gasteiger partial charge on any atom is -0.0985 e. The molecule has 0 aliphatic carbocycles. The summed E-state index contributed by atoms with van der Waals surface area (Å²) in [6.07, 6.45) is 1.87. The third-order valence-corrected chi connectivity index (χ3v) is 2.47. The van der Waals surface area contributed by atoms with E-state index in [4.69, 9.17) is 0 Å². The Kier molecular flexibility index (Phi) is 3.03. The Labute approximate surface area is 91.5 Å². The second kappa shape index (κ2) is 4.65. The molecule has 0 radical (unpaired) electrons. The monoisotopic (exact) mass is 192 g/mol. The molecule has 0 unspecified atom stereocenters. The molecule has 0 aromatic heterocycles. The summed E-state index contributed by atoms with van der Waals surface area (Å²) in [5, 5.41) is 0. The van der Waals surface area contributed by atoms with E-state index in [1.807, 2.05) is 12.1 Å². The van der Waals surface area contributed by atoms with Gasteiger partial charge in [0.05, 0.1) is 0 Å². The van der Waals surface area contributed by atoms with Crippen LogP contribution in [0.25, 0.3) is 6.08 Å². The van der Waals surface area contributed by atoms with Gasteiger partial charge in [-0.2, -0.15) is 0 Å². The molecular formula is C14H13B. The van der Waals surface area contributed by atoms with Crippen molar-refractivity contribution in [2.75, 3.05) is 0 Å². The molecule has 0 saturated heterocycles. The van der Waals surface area contributed by atoms with Crippen molar-refractivity contribution in [3.8, 4) is 0 Å². The first kappa shape index (κ1) is 9.79. The summed E-state index contributed by atoms with van der Waals surface area (Å²) >= 11 is 0. The molecule has 0 aliphatic rings. The van der Waals surface area contributed by atoms with E-state index in [2.05, 4.69) is 55.1 Å². The van der Waals surface area contributed by atoms with Crippen LogP contribution in [0.2, 0.25) is 0 Å². The summed E-state index contributed by atoms with van der Waals surface area (Å²) < 4.78 is 0. The summed E-state index contributed by atoms with van der Waals surface area (Å²) in [5.74, 6) is 0. The Morgan fingerprint density at radius 1 is 0.800 bits per heavy atom. The normalized spacial score (nSPS) is 9.60. The predicted molar refractivity (Wildman–Crippen MR) is 69.4 cm³/mol. The van der Waals surface area contributed by atoms with E-state index < -0.39 is 0 Å². The third kappa shape index (κ3) is 2.60. The first-order valence-corrected chi connectivity index (χ1v) is 5.14. The van der Waals surface area contributed by atoms with Gasteiger partial charge in [-0.05, 0) is 5.56 Å². The van der Waals surface area contributed by atoms with E-state index in [-0.39, 0.29) is 0 Å². The van der Waals surface area contributed by atoms with Crippen molar-refractivity contribution in [3.05, 3.63) is 66.7 Å². The van der Waals surface area contributed by atoms with Crippen LogP contribution in [0.3, 0.4) is 0 Å². The van der Waals surface area contributed by atoms with Crippen LogP contribution >= 0.6 is 0 Å². The smallest absolute Gasteiger partial charge is 0.0985 e. The van der Waals surface area contributed by atoms with E-state index in [9.17, 15) is 0 Å². The van der Waals surface area contributed by atoms with Gasteiger partial charge in [0.25, 0.3) is 0 Å². The molecule has 0 bridgehead atoms. The maximum absolute atomic E-state index is 3.74. The highest BCUT2D eigenvalue weighted by atomic mass is 13.9. The molecule has 0 N–H and O–H groups in total. The van der Waals surface area contributed by atoms with Gasteiger partial charge in [-0.25, -0.2) is 0 Å². The van der Waals surface area contributed by atoms with Gasteiger partial charge in [0.15, 0.2) is 7.28 Å². The van der Waals surface area contributed by atoms with Crippen LogP contribution < -0.4 is 10.9 Å². The van der Waals surface area contributed by atoms with Crippen LogP contribution in [0, 0.1) is 0 Å². The van der Waals surface area contributed by atoms with Crippen molar-refractivity contribution in [1.29, 1.82) is 0 Å². The van der Waals surface area contributed by atoms with E-state index >= 15 is 0 Å². The molecule has 0 saturated carbocycles. The quantitative estimate of drug-likeness (QED) is 0.649.